The number of hydrogen-bond donors (Lipinski definition) is 2. The van der Waals surface area contributed by atoms with Gasteiger partial charge in [-0.3, -0.25) is 4.90 Å². The monoisotopic (exact) mass is 370 g/mol. The van der Waals surface area contributed by atoms with Crippen LogP contribution < -0.4 is 10.6 Å². The molecule has 1 aliphatic rings. The number of benzene rings is 1. The van der Waals surface area contributed by atoms with E-state index in [-0.39, 0.29) is 0 Å². The first-order valence-electron chi connectivity index (χ1n) is 9.70. The second-order valence-electron chi connectivity index (χ2n) is 6.73. The van der Waals surface area contributed by atoms with Crippen LogP contribution in [-0.4, -0.2) is 56.8 Å². The number of rotatable bonds is 8. The molecule has 1 aromatic carbocycles. The van der Waals surface area contributed by atoms with Crippen molar-refractivity contribution >= 4 is 5.96 Å². The number of hydrogen-bond acceptors (Lipinski definition) is 4. The summed E-state index contributed by atoms with van der Waals surface area (Å²) in [6, 6.07) is 12.3. The highest BCUT2D eigenvalue weighted by Crippen LogP contribution is 2.08. The lowest BCUT2D eigenvalue weighted by atomic mass is 10.1. The SMILES string of the molecule is Cc1ccccc1CN=C(NCCc1ccco1)NCCN1CCOCC1. The van der Waals surface area contributed by atoms with E-state index in [0.717, 1.165) is 64.1 Å². The number of guanidine groups is 1. The zero-order valence-corrected chi connectivity index (χ0v) is 16.1. The fourth-order valence-corrected chi connectivity index (χ4v) is 3.04. The van der Waals surface area contributed by atoms with Gasteiger partial charge < -0.3 is 19.8 Å². The van der Waals surface area contributed by atoms with Gasteiger partial charge in [0.2, 0.25) is 0 Å². The highest BCUT2D eigenvalue weighted by Gasteiger charge is 2.10. The lowest BCUT2D eigenvalue weighted by molar-refractivity contribution is 0.0389. The summed E-state index contributed by atoms with van der Waals surface area (Å²) < 4.78 is 10.8. The zero-order chi connectivity index (χ0) is 18.7. The largest absolute Gasteiger partial charge is 0.469 e. The lowest BCUT2D eigenvalue weighted by Gasteiger charge is -2.26. The molecule has 1 saturated heterocycles. The van der Waals surface area contributed by atoms with E-state index < -0.39 is 0 Å². The molecule has 1 aliphatic heterocycles. The molecule has 0 atom stereocenters. The smallest absolute Gasteiger partial charge is 0.191 e. The van der Waals surface area contributed by atoms with E-state index >= 15 is 0 Å². The van der Waals surface area contributed by atoms with Gasteiger partial charge in [0.15, 0.2) is 5.96 Å². The second-order valence-corrected chi connectivity index (χ2v) is 6.73. The Morgan fingerprint density at radius 1 is 1.07 bits per heavy atom. The second kappa shape index (κ2) is 10.7. The van der Waals surface area contributed by atoms with Crippen LogP contribution in [0.3, 0.4) is 0 Å². The predicted octanol–water partition coefficient (Wildman–Crippen LogP) is 2.20. The van der Waals surface area contributed by atoms with Crippen molar-refractivity contribution in [2.24, 2.45) is 4.99 Å². The van der Waals surface area contributed by atoms with Gasteiger partial charge in [-0.2, -0.15) is 0 Å². The molecular weight excluding hydrogens is 340 g/mol. The molecule has 1 fully saturated rings. The van der Waals surface area contributed by atoms with Crippen LogP contribution in [0, 0.1) is 6.92 Å². The molecule has 0 amide bonds. The van der Waals surface area contributed by atoms with Gasteiger partial charge in [0.25, 0.3) is 0 Å². The summed E-state index contributed by atoms with van der Waals surface area (Å²) in [5, 5.41) is 6.88. The normalized spacial score (nSPS) is 15.7. The van der Waals surface area contributed by atoms with Crippen LogP contribution in [0.4, 0.5) is 0 Å². The highest BCUT2D eigenvalue weighted by atomic mass is 16.5. The third kappa shape index (κ3) is 6.73. The van der Waals surface area contributed by atoms with Crippen molar-refractivity contribution in [3.05, 3.63) is 59.5 Å². The van der Waals surface area contributed by atoms with Crippen LogP contribution in [0.25, 0.3) is 0 Å². The maximum absolute atomic E-state index is 5.41. The van der Waals surface area contributed by atoms with Gasteiger partial charge >= 0.3 is 0 Å². The minimum absolute atomic E-state index is 0.667. The van der Waals surface area contributed by atoms with Gasteiger partial charge in [0.1, 0.15) is 5.76 Å². The van der Waals surface area contributed by atoms with Gasteiger partial charge in [-0.25, -0.2) is 4.99 Å². The number of nitrogens with zero attached hydrogens (tertiary/aromatic N) is 2. The van der Waals surface area contributed by atoms with Crippen molar-refractivity contribution in [3.8, 4) is 0 Å². The molecule has 27 heavy (non-hydrogen) atoms. The summed E-state index contributed by atoms with van der Waals surface area (Å²) in [6.45, 7) is 9.09. The molecule has 0 aliphatic carbocycles. The molecule has 0 saturated carbocycles. The Balaban J connectivity index is 1.51. The van der Waals surface area contributed by atoms with E-state index in [1.54, 1.807) is 6.26 Å². The summed E-state index contributed by atoms with van der Waals surface area (Å²) in [4.78, 5) is 7.19. The maximum atomic E-state index is 5.41. The van der Waals surface area contributed by atoms with Crippen LogP contribution in [0.2, 0.25) is 0 Å². The molecule has 1 aromatic heterocycles. The molecule has 146 valence electrons. The number of morpholine rings is 1. The lowest BCUT2D eigenvalue weighted by Crippen LogP contribution is -2.44. The van der Waals surface area contributed by atoms with Crippen LogP contribution in [0.1, 0.15) is 16.9 Å². The van der Waals surface area contributed by atoms with Gasteiger partial charge in [-0.05, 0) is 30.2 Å². The number of ether oxygens (including phenoxy) is 1. The fourth-order valence-electron chi connectivity index (χ4n) is 3.04. The summed E-state index contributed by atoms with van der Waals surface area (Å²) in [7, 11) is 0. The Bertz CT molecular complexity index is 694. The Morgan fingerprint density at radius 2 is 1.89 bits per heavy atom. The van der Waals surface area contributed by atoms with E-state index in [0.29, 0.717) is 6.54 Å². The fraction of sp³-hybridized carbons (Fsp3) is 0.476. The van der Waals surface area contributed by atoms with Crippen molar-refractivity contribution < 1.29 is 9.15 Å². The zero-order valence-electron chi connectivity index (χ0n) is 16.1. The molecule has 2 N–H and O–H groups in total. The summed E-state index contributed by atoms with van der Waals surface area (Å²) in [5.41, 5.74) is 2.52. The molecule has 0 radical (unpaired) electrons. The summed E-state index contributed by atoms with van der Waals surface area (Å²) in [5.74, 6) is 1.83. The Morgan fingerprint density at radius 3 is 2.67 bits per heavy atom. The first-order chi connectivity index (χ1) is 13.3. The number of furan rings is 1. The first-order valence-corrected chi connectivity index (χ1v) is 9.70. The van der Waals surface area contributed by atoms with E-state index in [1.165, 1.54) is 11.1 Å². The number of nitrogens with one attached hydrogen (secondary N) is 2. The van der Waals surface area contributed by atoms with E-state index in [9.17, 15) is 0 Å². The minimum Gasteiger partial charge on any atom is -0.469 e. The molecule has 0 unspecified atom stereocenters. The van der Waals surface area contributed by atoms with Crippen molar-refractivity contribution in [1.82, 2.24) is 15.5 Å². The van der Waals surface area contributed by atoms with Crippen LogP contribution >= 0.6 is 0 Å². The topological polar surface area (TPSA) is 62.0 Å². The molecule has 2 heterocycles. The molecular formula is C21H30N4O2. The molecule has 2 aromatic rings. The summed E-state index contributed by atoms with van der Waals surface area (Å²) in [6.07, 6.45) is 2.55. The summed E-state index contributed by atoms with van der Waals surface area (Å²) >= 11 is 0. The first kappa shape index (κ1) is 19.5. The molecule has 6 heteroatoms. The van der Waals surface area contributed by atoms with E-state index in [2.05, 4.69) is 46.7 Å². The van der Waals surface area contributed by atoms with Gasteiger partial charge in [-0.15, -0.1) is 0 Å². The Labute approximate surface area is 161 Å². The quantitative estimate of drug-likeness (QED) is 0.551. The Kier molecular flexibility index (Phi) is 7.74. The number of aliphatic imine (C=N–C) groups is 1. The van der Waals surface area contributed by atoms with Crippen LogP contribution in [-0.2, 0) is 17.7 Å². The minimum atomic E-state index is 0.667. The average Bonchev–Trinajstić information content (AvgIpc) is 3.21. The standard InChI is InChI=1S/C21H30N4O2/c1-18-5-2-3-6-19(18)17-24-21(22-9-8-20-7-4-14-27-20)23-10-11-25-12-15-26-16-13-25/h2-7,14H,8-13,15-17H2,1H3,(H2,22,23,24). The van der Waals surface area contributed by atoms with Gasteiger partial charge in [0, 0.05) is 39.1 Å². The maximum Gasteiger partial charge on any atom is 0.191 e. The molecule has 3 rings (SSSR count). The molecule has 0 bridgehead atoms. The van der Waals surface area contributed by atoms with Crippen molar-refractivity contribution in [3.63, 3.8) is 0 Å². The van der Waals surface area contributed by atoms with Crippen molar-refractivity contribution in [2.45, 2.75) is 19.9 Å². The predicted molar refractivity (Wildman–Crippen MR) is 108 cm³/mol. The van der Waals surface area contributed by atoms with Gasteiger partial charge in [0.05, 0.1) is 26.0 Å². The van der Waals surface area contributed by atoms with E-state index in [4.69, 9.17) is 14.1 Å². The molecule has 0 spiro atoms. The molecule has 6 nitrogen and oxygen atoms in total. The average molecular weight is 370 g/mol. The van der Waals surface area contributed by atoms with E-state index in [1.807, 2.05) is 12.1 Å². The van der Waals surface area contributed by atoms with Gasteiger partial charge in [-0.1, -0.05) is 24.3 Å². The van der Waals surface area contributed by atoms with Crippen LogP contribution in [0.5, 0.6) is 0 Å². The number of aryl methyl sites for hydroxylation is 1. The van der Waals surface area contributed by atoms with Crippen molar-refractivity contribution in [1.29, 1.82) is 0 Å². The van der Waals surface area contributed by atoms with Crippen molar-refractivity contribution in [2.75, 3.05) is 45.9 Å². The van der Waals surface area contributed by atoms with Crippen LogP contribution in [0.15, 0.2) is 52.1 Å². The third-order valence-electron chi connectivity index (χ3n) is 4.74. The highest BCUT2D eigenvalue weighted by molar-refractivity contribution is 5.79. The Hall–Kier alpha value is -2.31. The third-order valence-corrected chi connectivity index (χ3v) is 4.74.